The highest BCUT2D eigenvalue weighted by atomic mass is 35.5. The van der Waals surface area contributed by atoms with Crippen molar-refractivity contribution in [2.45, 2.75) is 63.6 Å². The summed E-state index contributed by atoms with van der Waals surface area (Å²) in [7, 11) is 0. The topological polar surface area (TPSA) is 103 Å². The molecule has 2 aliphatic heterocycles. The number of piperidine rings is 1. The number of halogens is 1. The minimum Gasteiger partial charge on any atom is -0.354 e. The molecular formula is C18H32ClN5O3. The average Bonchev–Trinajstić information content (AvgIpc) is 3.27. The molecule has 3 unspecified atom stereocenters. The molecule has 0 aromatic rings. The van der Waals surface area contributed by atoms with Gasteiger partial charge in [0.2, 0.25) is 11.8 Å². The molecule has 3 fully saturated rings. The van der Waals surface area contributed by atoms with Crippen LogP contribution < -0.4 is 21.3 Å². The molecule has 1 saturated carbocycles. The molecule has 0 spiro atoms. The molecule has 3 rings (SSSR count). The normalized spacial score (nSPS) is 26.6. The van der Waals surface area contributed by atoms with Gasteiger partial charge in [0.25, 0.3) is 0 Å². The van der Waals surface area contributed by atoms with Crippen molar-refractivity contribution in [3.63, 3.8) is 0 Å². The largest absolute Gasteiger partial charge is 0.354 e. The third-order valence-corrected chi connectivity index (χ3v) is 5.57. The summed E-state index contributed by atoms with van der Waals surface area (Å²) in [5, 5.41) is 11.5. The predicted molar refractivity (Wildman–Crippen MR) is 105 cm³/mol. The summed E-state index contributed by atoms with van der Waals surface area (Å²) in [5.74, 6) is 0.162. The lowest BCUT2D eigenvalue weighted by Gasteiger charge is -2.36. The lowest BCUT2D eigenvalue weighted by molar-refractivity contribution is -0.126. The van der Waals surface area contributed by atoms with Crippen LogP contribution in [0.15, 0.2) is 0 Å². The summed E-state index contributed by atoms with van der Waals surface area (Å²) < 4.78 is 0. The van der Waals surface area contributed by atoms with E-state index in [-0.39, 0.29) is 42.3 Å². The smallest absolute Gasteiger partial charge is 0.321 e. The van der Waals surface area contributed by atoms with Gasteiger partial charge in [-0.15, -0.1) is 12.4 Å². The predicted octanol–water partition coefficient (Wildman–Crippen LogP) is 0.365. The first kappa shape index (κ1) is 21.9. The van der Waals surface area contributed by atoms with E-state index in [1.54, 1.807) is 0 Å². The lowest BCUT2D eigenvalue weighted by Crippen LogP contribution is -2.53. The van der Waals surface area contributed by atoms with Gasteiger partial charge in [-0.25, -0.2) is 4.79 Å². The van der Waals surface area contributed by atoms with Crippen LogP contribution in [0, 0.1) is 5.92 Å². The minimum atomic E-state index is -0.394. The molecule has 2 saturated heterocycles. The second-order valence-electron chi connectivity index (χ2n) is 7.81. The number of carbonyl (C=O) groups is 3. The molecule has 0 bridgehead atoms. The van der Waals surface area contributed by atoms with Gasteiger partial charge in [0.1, 0.15) is 0 Å². The van der Waals surface area contributed by atoms with Crippen LogP contribution in [0.1, 0.15) is 45.4 Å². The maximum absolute atomic E-state index is 12.3. The first-order chi connectivity index (χ1) is 12.5. The van der Waals surface area contributed by atoms with Crippen LogP contribution in [0.3, 0.4) is 0 Å². The van der Waals surface area contributed by atoms with Crippen LogP contribution in [0.4, 0.5) is 4.79 Å². The molecule has 2 heterocycles. The Morgan fingerprint density at radius 3 is 2.59 bits per heavy atom. The number of likely N-dealkylation sites (tertiary alicyclic amines) is 1. The molecule has 154 valence electrons. The summed E-state index contributed by atoms with van der Waals surface area (Å²) in [4.78, 5) is 38.3. The van der Waals surface area contributed by atoms with E-state index < -0.39 is 6.03 Å². The number of nitrogens with one attached hydrogen (secondary N) is 4. The molecular weight excluding hydrogens is 370 g/mol. The molecule has 9 heteroatoms. The zero-order valence-corrected chi connectivity index (χ0v) is 16.8. The van der Waals surface area contributed by atoms with Gasteiger partial charge >= 0.3 is 6.03 Å². The Morgan fingerprint density at radius 1 is 1.15 bits per heavy atom. The highest BCUT2D eigenvalue weighted by Gasteiger charge is 2.30. The molecule has 8 nitrogen and oxygen atoms in total. The molecule has 3 aliphatic rings. The Kier molecular flexibility index (Phi) is 8.31. The van der Waals surface area contributed by atoms with E-state index in [2.05, 4.69) is 26.2 Å². The fourth-order valence-electron chi connectivity index (χ4n) is 3.72. The van der Waals surface area contributed by atoms with Crippen LogP contribution in [0.2, 0.25) is 0 Å². The molecule has 4 N–H and O–H groups in total. The van der Waals surface area contributed by atoms with E-state index in [1.165, 1.54) is 0 Å². The van der Waals surface area contributed by atoms with Gasteiger partial charge in [-0.1, -0.05) is 0 Å². The zero-order chi connectivity index (χ0) is 18.5. The minimum absolute atomic E-state index is 0. The number of hydrogen-bond acceptors (Lipinski definition) is 5. The third-order valence-electron chi connectivity index (χ3n) is 5.57. The standard InChI is InChI=1S/C18H31N5O3.ClH/c1-12(16(24)22-18(26)21-14-6-7-14)23-9-3-4-13(11-23)10-20-17(25)15-5-2-8-19-15;/h12-15,19H,2-11H2,1H3,(H,20,25)(H2,21,22,24,26);1H. The Bertz CT molecular complexity index is 537. The maximum Gasteiger partial charge on any atom is 0.321 e. The Hall–Kier alpha value is -1.38. The van der Waals surface area contributed by atoms with E-state index in [4.69, 9.17) is 0 Å². The van der Waals surface area contributed by atoms with E-state index >= 15 is 0 Å². The lowest BCUT2D eigenvalue weighted by atomic mass is 9.96. The highest BCUT2D eigenvalue weighted by Crippen LogP contribution is 2.19. The Morgan fingerprint density at radius 2 is 1.93 bits per heavy atom. The SMILES string of the molecule is CC(C(=O)NC(=O)NC1CC1)N1CCCC(CNC(=O)C2CCCN2)C1.Cl. The van der Waals surface area contributed by atoms with E-state index in [9.17, 15) is 14.4 Å². The van der Waals surface area contributed by atoms with Crippen molar-refractivity contribution in [1.29, 1.82) is 0 Å². The van der Waals surface area contributed by atoms with Crippen molar-refractivity contribution in [1.82, 2.24) is 26.2 Å². The van der Waals surface area contributed by atoms with Gasteiger partial charge < -0.3 is 16.0 Å². The van der Waals surface area contributed by atoms with Gasteiger partial charge in [0.05, 0.1) is 12.1 Å². The quantitative estimate of drug-likeness (QED) is 0.515. The summed E-state index contributed by atoms with van der Waals surface area (Å²) >= 11 is 0. The van der Waals surface area contributed by atoms with Crippen molar-refractivity contribution in [3.8, 4) is 0 Å². The number of hydrogen-bond donors (Lipinski definition) is 4. The maximum atomic E-state index is 12.3. The van der Waals surface area contributed by atoms with Gasteiger partial charge in [-0.3, -0.25) is 19.8 Å². The molecule has 27 heavy (non-hydrogen) atoms. The van der Waals surface area contributed by atoms with Gasteiger partial charge in [-0.05, 0) is 64.5 Å². The van der Waals surface area contributed by atoms with Crippen LogP contribution in [-0.4, -0.2) is 67.0 Å². The number of rotatable bonds is 6. The summed E-state index contributed by atoms with van der Waals surface area (Å²) in [5.41, 5.74) is 0. The third kappa shape index (κ3) is 6.62. The molecule has 3 atom stereocenters. The number of urea groups is 1. The van der Waals surface area contributed by atoms with Crippen LogP contribution in [-0.2, 0) is 9.59 Å². The van der Waals surface area contributed by atoms with Crippen molar-refractivity contribution in [3.05, 3.63) is 0 Å². The van der Waals surface area contributed by atoms with E-state index in [0.29, 0.717) is 12.5 Å². The molecule has 0 aromatic heterocycles. The first-order valence-corrected chi connectivity index (χ1v) is 9.89. The van der Waals surface area contributed by atoms with Gasteiger partial charge in [0, 0.05) is 19.1 Å². The highest BCUT2D eigenvalue weighted by molar-refractivity contribution is 5.97. The number of carbonyl (C=O) groups excluding carboxylic acids is 3. The number of imide groups is 1. The zero-order valence-electron chi connectivity index (χ0n) is 16.0. The van der Waals surface area contributed by atoms with Crippen molar-refractivity contribution in [2.75, 3.05) is 26.2 Å². The van der Waals surface area contributed by atoms with Crippen LogP contribution in [0.5, 0.6) is 0 Å². The van der Waals surface area contributed by atoms with Crippen molar-refractivity contribution < 1.29 is 14.4 Å². The summed E-state index contributed by atoms with van der Waals surface area (Å²) in [6.45, 7) is 4.99. The van der Waals surface area contributed by atoms with Crippen LogP contribution in [0.25, 0.3) is 0 Å². The summed E-state index contributed by atoms with van der Waals surface area (Å²) in [6.07, 6.45) is 5.98. The second-order valence-corrected chi connectivity index (χ2v) is 7.81. The second kappa shape index (κ2) is 10.2. The molecule has 0 aromatic carbocycles. The number of nitrogens with zero attached hydrogens (tertiary/aromatic N) is 1. The Balaban J connectivity index is 0.00000261. The van der Waals surface area contributed by atoms with Gasteiger partial charge in [-0.2, -0.15) is 0 Å². The number of amides is 4. The molecule has 4 amide bonds. The monoisotopic (exact) mass is 401 g/mol. The van der Waals surface area contributed by atoms with Crippen molar-refractivity contribution in [2.24, 2.45) is 5.92 Å². The molecule has 1 aliphatic carbocycles. The van der Waals surface area contributed by atoms with Gasteiger partial charge in [0.15, 0.2) is 0 Å². The van der Waals surface area contributed by atoms with Crippen LogP contribution >= 0.6 is 12.4 Å². The first-order valence-electron chi connectivity index (χ1n) is 9.89. The fraction of sp³-hybridized carbons (Fsp3) is 0.833. The fourth-order valence-corrected chi connectivity index (χ4v) is 3.72. The van der Waals surface area contributed by atoms with E-state index in [0.717, 1.165) is 58.2 Å². The Labute approximate surface area is 167 Å². The molecule has 0 radical (unpaired) electrons. The van der Waals surface area contributed by atoms with E-state index in [1.807, 2.05) is 6.92 Å². The van der Waals surface area contributed by atoms with Crippen molar-refractivity contribution >= 4 is 30.3 Å². The average molecular weight is 402 g/mol. The summed E-state index contributed by atoms with van der Waals surface area (Å²) in [6, 6.07) is -0.566.